The number of piperidine rings is 1. The Morgan fingerprint density at radius 3 is 2.49 bits per heavy atom. The highest BCUT2D eigenvalue weighted by molar-refractivity contribution is 7.93. The van der Waals surface area contributed by atoms with E-state index < -0.39 is 21.7 Å². The van der Waals surface area contributed by atoms with Gasteiger partial charge in [0.25, 0.3) is 0 Å². The number of carbonyl (C=O) groups excluding carboxylic acids is 1. The molecule has 0 radical (unpaired) electrons. The van der Waals surface area contributed by atoms with Gasteiger partial charge < -0.3 is 20.5 Å². The monoisotopic (exact) mass is 528 g/mol. The lowest BCUT2D eigenvalue weighted by Crippen LogP contribution is -2.36. The summed E-state index contributed by atoms with van der Waals surface area (Å²) in [6, 6.07) is 10.6. The third-order valence-corrected chi connectivity index (χ3v) is 7.66. The Kier molecular flexibility index (Phi) is 9.71. The third kappa shape index (κ3) is 7.80. The number of benzene rings is 2. The first-order valence-corrected chi connectivity index (χ1v) is 14.0. The van der Waals surface area contributed by atoms with Gasteiger partial charge in [-0.05, 0) is 81.6 Å². The molecule has 0 atom stereocenters. The fourth-order valence-corrected chi connectivity index (χ4v) is 5.52. The Morgan fingerprint density at radius 1 is 1.19 bits per heavy atom. The van der Waals surface area contributed by atoms with Crippen molar-refractivity contribution in [1.82, 2.24) is 5.32 Å². The molecule has 0 saturated carbocycles. The van der Waals surface area contributed by atoms with Crippen LogP contribution in [0.25, 0.3) is 6.08 Å². The van der Waals surface area contributed by atoms with E-state index in [0.717, 1.165) is 48.4 Å². The molecule has 10 heteroatoms. The molecular formula is C27H36N4O5S. The lowest BCUT2D eigenvalue weighted by atomic mass is 10.1. The van der Waals surface area contributed by atoms with Crippen molar-refractivity contribution in [2.45, 2.75) is 39.7 Å². The first kappa shape index (κ1) is 28.2. The standard InChI is InChI=1S/C27H36N4O5S/c1-4-35-25(32)18-37(33,34)31(14-6-8-21-7-5-9-22(17-21)27(28)29)23-15-19(2)26(20(3)16-23)36-24-10-12-30-13-11-24/h5-9,15-17,24,30H,4,10-14,18H2,1-3H3,(H3,28,29). The Bertz CT molecular complexity index is 1230. The lowest BCUT2D eigenvalue weighted by molar-refractivity contribution is -0.139. The maximum Gasteiger partial charge on any atom is 0.323 e. The van der Waals surface area contributed by atoms with Crippen molar-refractivity contribution in [1.29, 1.82) is 5.41 Å². The maximum atomic E-state index is 13.3. The second-order valence-electron chi connectivity index (χ2n) is 9.01. The van der Waals surface area contributed by atoms with E-state index in [1.54, 1.807) is 49.4 Å². The number of amidine groups is 1. The van der Waals surface area contributed by atoms with Crippen LogP contribution in [0.1, 0.15) is 42.0 Å². The largest absolute Gasteiger partial charge is 0.490 e. The summed E-state index contributed by atoms with van der Waals surface area (Å²) >= 11 is 0. The molecule has 0 aliphatic carbocycles. The van der Waals surface area contributed by atoms with Gasteiger partial charge in [0.05, 0.1) is 18.8 Å². The maximum absolute atomic E-state index is 13.3. The van der Waals surface area contributed by atoms with Gasteiger partial charge in [0.1, 0.15) is 17.7 Å². The minimum Gasteiger partial charge on any atom is -0.490 e. The van der Waals surface area contributed by atoms with Gasteiger partial charge >= 0.3 is 5.97 Å². The molecular weight excluding hydrogens is 492 g/mol. The van der Waals surface area contributed by atoms with Crippen molar-refractivity contribution in [2.75, 3.05) is 36.3 Å². The van der Waals surface area contributed by atoms with Gasteiger partial charge in [0.2, 0.25) is 10.0 Å². The minimum absolute atomic E-state index is 0.000580. The van der Waals surface area contributed by atoms with Crippen LogP contribution in [-0.4, -0.2) is 58.3 Å². The van der Waals surface area contributed by atoms with Gasteiger partial charge in [-0.2, -0.15) is 0 Å². The molecule has 2 aromatic carbocycles. The number of nitrogens with one attached hydrogen (secondary N) is 2. The molecule has 0 bridgehead atoms. The quantitative estimate of drug-likeness (QED) is 0.232. The number of ether oxygens (including phenoxy) is 2. The number of nitrogen functional groups attached to an aromatic ring is 1. The normalized spacial score (nSPS) is 14.5. The number of esters is 1. The summed E-state index contributed by atoms with van der Waals surface area (Å²) in [5.41, 5.74) is 9.01. The number of hydrogen-bond acceptors (Lipinski definition) is 7. The van der Waals surface area contributed by atoms with Crippen LogP contribution in [-0.2, 0) is 19.6 Å². The molecule has 4 N–H and O–H groups in total. The number of nitrogens with zero attached hydrogens (tertiary/aromatic N) is 1. The summed E-state index contributed by atoms with van der Waals surface area (Å²) in [4.78, 5) is 12.1. The van der Waals surface area contributed by atoms with E-state index in [2.05, 4.69) is 5.32 Å². The highest BCUT2D eigenvalue weighted by atomic mass is 32.2. The van der Waals surface area contributed by atoms with Gasteiger partial charge in [-0.3, -0.25) is 14.5 Å². The molecule has 1 fully saturated rings. The molecule has 1 heterocycles. The third-order valence-electron chi connectivity index (χ3n) is 6.02. The predicted molar refractivity (Wildman–Crippen MR) is 147 cm³/mol. The average molecular weight is 529 g/mol. The minimum atomic E-state index is -4.04. The zero-order valence-corrected chi connectivity index (χ0v) is 22.4. The van der Waals surface area contributed by atoms with Gasteiger partial charge in [-0.1, -0.05) is 30.4 Å². The van der Waals surface area contributed by atoms with E-state index in [-0.39, 0.29) is 25.1 Å². The van der Waals surface area contributed by atoms with Crippen molar-refractivity contribution >= 4 is 33.6 Å². The van der Waals surface area contributed by atoms with Crippen LogP contribution in [0.5, 0.6) is 5.75 Å². The molecule has 0 spiro atoms. The number of rotatable bonds is 11. The number of anilines is 1. The number of hydrogen-bond donors (Lipinski definition) is 3. The van der Waals surface area contributed by atoms with E-state index in [0.29, 0.717) is 11.3 Å². The Labute approximate surface area is 219 Å². The van der Waals surface area contributed by atoms with Crippen LogP contribution in [0, 0.1) is 19.3 Å². The summed E-state index contributed by atoms with van der Waals surface area (Å²) in [5.74, 6) is -0.855. The summed E-state index contributed by atoms with van der Waals surface area (Å²) in [7, 11) is -4.04. The Balaban J connectivity index is 1.91. The van der Waals surface area contributed by atoms with E-state index in [4.69, 9.17) is 20.6 Å². The van der Waals surface area contributed by atoms with Crippen LogP contribution < -0.4 is 20.1 Å². The summed E-state index contributed by atoms with van der Waals surface area (Å²) in [5, 5.41) is 10.9. The van der Waals surface area contributed by atoms with E-state index in [1.807, 2.05) is 19.9 Å². The fraction of sp³-hybridized carbons (Fsp3) is 0.407. The molecule has 9 nitrogen and oxygen atoms in total. The molecule has 37 heavy (non-hydrogen) atoms. The molecule has 200 valence electrons. The van der Waals surface area contributed by atoms with Crippen LogP contribution in [0.2, 0.25) is 0 Å². The molecule has 2 aromatic rings. The van der Waals surface area contributed by atoms with Crippen molar-refractivity contribution in [3.8, 4) is 5.75 Å². The summed E-state index contributed by atoms with van der Waals surface area (Å²) < 4.78 is 39.1. The first-order valence-electron chi connectivity index (χ1n) is 12.4. The molecule has 0 unspecified atom stereocenters. The molecule has 1 saturated heterocycles. The van der Waals surface area contributed by atoms with Crippen molar-refractivity contribution in [2.24, 2.45) is 5.73 Å². The number of aryl methyl sites for hydroxylation is 2. The number of nitrogens with two attached hydrogens (primary N) is 1. The van der Waals surface area contributed by atoms with Crippen LogP contribution in [0.3, 0.4) is 0 Å². The summed E-state index contributed by atoms with van der Waals surface area (Å²) in [6.45, 7) is 7.33. The highest BCUT2D eigenvalue weighted by Gasteiger charge is 2.27. The average Bonchev–Trinajstić information content (AvgIpc) is 2.84. The van der Waals surface area contributed by atoms with Crippen molar-refractivity contribution < 1.29 is 22.7 Å². The zero-order valence-electron chi connectivity index (χ0n) is 21.6. The second kappa shape index (κ2) is 12.7. The topological polar surface area (TPSA) is 135 Å². The number of carbonyl (C=O) groups is 1. The van der Waals surface area contributed by atoms with Crippen LogP contribution >= 0.6 is 0 Å². The van der Waals surface area contributed by atoms with E-state index >= 15 is 0 Å². The smallest absolute Gasteiger partial charge is 0.323 e. The molecule has 0 amide bonds. The predicted octanol–water partition coefficient (Wildman–Crippen LogP) is 3.13. The first-order chi connectivity index (χ1) is 17.6. The Morgan fingerprint density at radius 2 is 1.86 bits per heavy atom. The van der Waals surface area contributed by atoms with E-state index in [9.17, 15) is 13.2 Å². The Hall–Kier alpha value is -3.37. The SMILES string of the molecule is CCOC(=O)CS(=O)(=O)N(CC=Cc1cccc(C(=N)N)c1)c1cc(C)c(OC2CCNCC2)c(C)c1. The van der Waals surface area contributed by atoms with Gasteiger partial charge in [0, 0.05) is 5.56 Å². The zero-order chi connectivity index (χ0) is 27.0. The highest BCUT2D eigenvalue weighted by Crippen LogP contribution is 2.32. The fourth-order valence-electron chi connectivity index (χ4n) is 4.24. The summed E-state index contributed by atoms with van der Waals surface area (Å²) in [6.07, 6.45) is 5.40. The molecule has 1 aliphatic heterocycles. The van der Waals surface area contributed by atoms with Crippen LogP contribution in [0.15, 0.2) is 42.5 Å². The van der Waals surface area contributed by atoms with Gasteiger partial charge in [0.15, 0.2) is 5.75 Å². The lowest BCUT2D eigenvalue weighted by Gasteiger charge is -2.28. The van der Waals surface area contributed by atoms with Gasteiger partial charge in [-0.25, -0.2) is 8.42 Å². The van der Waals surface area contributed by atoms with Crippen molar-refractivity contribution in [3.05, 3.63) is 64.7 Å². The van der Waals surface area contributed by atoms with Crippen LogP contribution in [0.4, 0.5) is 5.69 Å². The molecule has 0 aromatic heterocycles. The second-order valence-corrected chi connectivity index (χ2v) is 10.9. The van der Waals surface area contributed by atoms with E-state index in [1.165, 1.54) is 4.31 Å². The van der Waals surface area contributed by atoms with Gasteiger partial charge in [-0.15, -0.1) is 0 Å². The number of sulfonamides is 1. The van der Waals surface area contributed by atoms with Crippen molar-refractivity contribution in [3.63, 3.8) is 0 Å². The molecule has 3 rings (SSSR count). The molecule has 1 aliphatic rings.